The third kappa shape index (κ3) is 3.67. The molecule has 5 nitrogen and oxygen atoms in total. The van der Waals surface area contributed by atoms with Gasteiger partial charge in [-0.3, -0.25) is 0 Å². The zero-order chi connectivity index (χ0) is 21.4. The van der Waals surface area contributed by atoms with Crippen molar-refractivity contribution < 1.29 is 13.9 Å². The number of hydrogen-bond donors (Lipinski definition) is 0. The summed E-state index contributed by atoms with van der Waals surface area (Å²) < 4.78 is 17.7. The third-order valence-corrected chi connectivity index (χ3v) is 6.46. The standard InChI is InChI=1S/C26H29NO4/c1-3-4-13-29-20-11-9-19(10-12-20)27-15-18-14-23-21-7-5-6-8-22(21)26(28)31-25(23)17(2)24(18)30-16-27/h9-12,14H,3-8,13,15-16H2,1-2H3. The second-order valence-corrected chi connectivity index (χ2v) is 8.59. The van der Waals surface area contributed by atoms with E-state index in [2.05, 4.69) is 30.0 Å². The molecule has 3 aromatic rings. The Labute approximate surface area is 182 Å². The average Bonchev–Trinajstić information content (AvgIpc) is 2.81. The number of fused-ring (bicyclic) bond motifs is 4. The predicted octanol–water partition coefficient (Wildman–Crippen LogP) is 5.52. The molecule has 1 aliphatic heterocycles. The number of aryl methyl sites for hydroxylation is 2. The molecule has 31 heavy (non-hydrogen) atoms. The van der Waals surface area contributed by atoms with Crippen molar-refractivity contribution in [1.29, 1.82) is 0 Å². The molecule has 0 bridgehead atoms. The lowest BCUT2D eigenvalue weighted by atomic mass is 9.89. The molecule has 0 amide bonds. The van der Waals surface area contributed by atoms with E-state index in [9.17, 15) is 4.79 Å². The Morgan fingerprint density at radius 2 is 1.87 bits per heavy atom. The van der Waals surface area contributed by atoms with Crippen LogP contribution in [0, 0.1) is 6.92 Å². The SMILES string of the molecule is CCCCOc1ccc(N2COc3c(cc4c5c(c(=O)oc4c3C)CCCC5)C2)cc1. The fourth-order valence-corrected chi connectivity index (χ4v) is 4.75. The minimum atomic E-state index is -0.177. The van der Waals surface area contributed by atoms with Crippen LogP contribution in [0.15, 0.2) is 39.5 Å². The van der Waals surface area contributed by atoms with E-state index < -0.39 is 0 Å². The molecule has 0 unspecified atom stereocenters. The van der Waals surface area contributed by atoms with Crippen molar-refractivity contribution in [2.24, 2.45) is 0 Å². The molecule has 1 aliphatic carbocycles. The van der Waals surface area contributed by atoms with Gasteiger partial charge in [-0.2, -0.15) is 0 Å². The monoisotopic (exact) mass is 419 g/mol. The minimum Gasteiger partial charge on any atom is -0.494 e. The van der Waals surface area contributed by atoms with Crippen LogP contribution in [0.1, 0.15) is 54.9 Å². The first-order valence-corrected chi connectivity index (χ1v) is 11.4. The Morgan fingerprint density at radius 3 is 2.65 bits per heavy atom. The molecule has 162 valence electrons. The van der Waals surface area contributed by atoms with E-state index in [0.717, 1.165) is 90.9 Å². The molecule has 1 aromatic heterocycles. The van der Waals surface area contributed by atoms with Crippen LogP contribution in [0.5, 0.6) is 11.5 Å². The molecular weight excluding hydrogens is 390 g/mol. The lowest BCUT2D eigenvalue weighted by Gasteiger charge is -2.32. The lowest BCUT2D eigenvalue weighted by Crippen LogP contribution is -2.32. The number of anilines is 1. The molecule has 0 spiro atoms. The largest absolute Gasteiger partial charge is 0.494 e. The Kier molecular flexibility index (Phi) is 5.34. The Balaban J connectivity index is 1.46. The molecule has 0 saturated carbocycles. The lowest BCUT2D eigenvalue weighted by molar-refractivity contribution is 0.287. The van der Waals surface area contributed by atoms with E-state index in [4.69, 9.17) is 13.9 Å². The topological polar surface area (TPSA) is 51.9 Å². The van der Waals surface area contributed by atoms with Gasteiger partial charge in [-0.25, -0.2) is 4.79 Å². The van der Waals surface area contributed by atoms with E-state index in [0.29, 0.717) is 12.3 Å². The average molecular weight is 420 g/mol. The Bertz CT molecular complexity index is 1160. The van der Waals surface area contributed by atoms with E-state index in [-0.39, 0.29) is 5.63 Å². The zero-order valence-corrected chi connectivity index (χ0v) is 18.3. The second kappa shape index (κ2) is 8.29. The number of rotatable bonds is 5. The summed E-state index contributed by atoms with van der Waals surface area (Å²) in [5.74, 6) is 1.75. The maximum Gasteiger partial charge on any atom is 0.339 e. The van der Waals surface area contributed by atoms with Gasteiger partial charge in [0.1, 0.15) is 17.1 Å². The van der Waals surface area contributed by atoms with Crippen LogP contribution in [-0.4, -0.2) is 13.3 Å². The molecule has 0 N–H and O–H groups in total. The van der Waals surface area contributed by atoms with Gasteiger partial charge in [0, 0.05) is 34.3 Å². The Hall–Kier alpha value is -2.95. The van der Waals surface area contributed by atoms with Gasteiger partial charge in [0.2, 0.25) is 0 Å². The third-order valence-electron chi connectivity index (χ3n) is 6.46. The highest BCUT2D eigenvalue weighted by Crippen LogP contribution is 2.38. The van der Waals surface area contributed by atoms with Crippen LogP contribution >= 0.6 is 0 Å². The van der Waals surface area contributed by atoms with Gasteiger partial charge in [0.25, 0.3) is 0 Å². The van der Waals surface area contributed by atoms with Gasteiger partial charge in [0.05, 0.1) is 6.61 Å². The van der Waals surface area contributed by atoms with Crippen LogP contribution in [0.4, 0.5) is 5.69 Å². The van der Waals surface area contributed by atoms with Crippen molar-refractivity contribution >= 4 is 16.7 Å². The normalized spacial score (nSPS) is 15.4. The first-order valence-electron chi connectivity index (χ1n) is 11.4. The number of benzene rings is 2. The molecule has 2 heterocycles. The van der Waals surface area contributed by atoms with Crippen LogP contribution in [-0.2, 0) is 19.4 Å². The smallest absolute Gasteiger partial charge is 0.339 e. The number of unbranched alkanes of at least 4 members (excludes halogenated alkanes) is 1. The van der Waals surface area contributed by atoms with E-state index in [1.165, 1.54) is 5.56 Å². The highest BCUT2D eigenvalue weighted by molar-refractivity contribution is 5.87. The van der Waals surface area contributed by atoms with Gasteiger partial charge in [-0.15, -0.1) is 0 Å². The summed E-state index contributed by atoms with van der Waals surface area (Å²) in [4.78, 5) is 14.7. The summed E-state index contributed by atoms with van der Waals surface area (Å²) >= 11 is 0. The van der Waals surface area contributed by atoms with Gasteiger partial charge in [0.15, 0.2) is 6.73 Å². The molecule has 5 rings (SSSR count). The second-order valence-electron chi connectivity index (χ2n) is 8.59. The summed E-state index contributed by atoms with van der Waals surface area (Å²) in [6.07, 6.45) is 6.14. The van der Waals surface area contributed by atoms with Crippen molar-refractivity contribution in [3.8, 4) is 11.5 Å². The van der Waals surface area contributed by atoms with Crippen LogP contribution in [0.25, 0.3) is 11.0 Å². The first kappa shape index (κ1) is 20.0. The molecular formula is C26H29NO4. The van der Waals surface area contributed by atoms with Crippen LogP contribution in [0.2, 0.25) is 0 Å². The van der Waals surface area contributed by atoms with E-state index in [1.54, 1.807) is 0 Å². The highest BCUT2D eigenvalue weighted by atomic mass is 16.5. The molecule has 5 heteroatoms. The molecule has 2 aromatic carbocycles. The van der Waals surface area contributed by atoms with Gasteiger partial charge >= 0.3 is 5.63 Å². The summed E-state index contributed by atoms with van der Waals surface area (Å²) in [5.41, 5.74) is 5.72. The van der Waals surface area contributed by atoms with Crippen molar-refractivity contribution in [3.63, 3.8) is 0 Å². The predicted molar refractivity (Wildman–Crippen MR) is 122 cm³/mol. The van der Waals surface area contributed by atoms with Crippen molar-refractivity contribution in [1.82, 2.24) is 0 Å². The number of hydrogen-bond acceptors (Lipinski definition) is 5. The summed E-state index contributed by atoms with van der Waals surface area (Å²) in [6.45, 7) is 6.13. The molecule has 0 radical (unpaired) electrons. The maximum absolute atomic E-state index is 12.5. The number of nitrogens with zero attached hydrogens (tertiary/aromatic N) is 1. The molecule has 0 fully saturated rings. The van der Waals surface area contributed by atoms with E-state index >= 15 is 0 Å². The van der Waals surface area contributed by atoms with Gasteiger partial charge < -0.3 is 18.8 Å². The van der Waals surface area contributed by atoms with Crippen LogP contribution < -0.4 is 20.0 Å². The summed E-state index contributed by atoms with van der Waals surface area (Å²) in [5, 5.41) is 1.08. The van der Waals surface area contributed by atoms with Crippen molar-refractivity contribution in [2.75, 3.05) is 18.2 Å². The minimum absolute atomic E-state index is 0.177. The number of ether oxygens (including phenoxy) is 2. The van der Waals surface area contributed by atoms with Gasteiger partial charge in [-0.1, -0.05) is 13.3 Å². The molecule has 0 atom stereocenters. The first-order chi connectivity index (χ1) is 15.2. The molecule has 2 aliphatic rings. The van der Waals surface area contributed by atoms with E-state index in [1.807, 2.05) is 19.1 Å². The fourth-order valence-electron chi connectivity index (χ4n) is 4.75. The van der Waals surface area contributed by atoms with Crippen LogP contribution in [0.3, 0.4) is 0 Å². The van der Waals surface area contributed by atoms with Crippen molar-refractivity contribution in [2.45, 2.75) is 58.9 Å². The van der Waals surface area contributed by atoms with Crippen molar-refractivity contribution in [3.05, 3.63) is 63.0 Å². The molecule has 0 saturated heterocycles. The fraction of sp³-hybridized carbons (Fsp3) is 0.423. The summed E-state index contributed by atoms with van der Waals surface area (Å²) in [6, 6.07) is 10.4. The highest BCUT2D eigenvalue weighted by Gasteiger charge is 2.25. The van der Waals surface area contributed by atoms with Gasteiger partial charge in [-0.05, 0) is 74.9 Å². The zero-order valence-electron chi connectivity index (χ0n) is 18.3. The quantitative estimate of drug-likeness (QED) is 0.403. The maximum atomic E-state index is 12.5. The Morgan fingerprint density at radius 1 is 1.10 bits per heavy atom. The summed E-state index contributed by atoms with van der Waals surface area (Å²) in [7, 11) is 0.